The Balaban J connectivity index is 1.61. The number of halogens is 1. The van der Waals surface area contributed by atoms with Crippen LogP contribution >= 0.6 is 0 Å². The van der Waals surface area contributed by atoms with Gasteiger partial charge in [0.05, 0.1) is 58.3 Å². The van der Waals surface area contributed by atoms with Crippen molar-refractivity contribution in [2.75, 3.05) is 18.1 Å². The average Bonchev–Trinajstić information content (AvgIpc) is 3.30. The predicted octanol–water partition coefficient (Wildman–Crippen LogP) is 2.38. The van der Waals surface area contributed by atoms with E-state index in [9.17, 15) is 22.7 Å². The van der Waals surface area contributed by atoms with Crippen LogP contribution in [0.3, 0.4) is 0 Å². The van der Waals surface area contributed by atoms with Crippen LogP contribution in [0.25, 0.3) is 16.9 Å². The van der Waals surface area contributed by atoms with Gasteiger partial charge < -0.3 is 15.7 Å². The van der Waals surface area contributed by atoms with Crippen molar-refractivity contribution in [1.82, 2.24) is 24.6 Å². The fraction of sp³-hybridized carbons (Fsp3) is 0.462. The molecule has 0 unspecified atom stereocenters. The van der Waals surface area contributed by atoms with Crippen LogP contribution in [0.15, 0.2) is 36.7 Å². The molecule has 3 aromatic rings. The van der Waals surface area contributed by atoms with Gasteiger partial charge in [0.15, 0.2) is 0 Å². The number of anilines is 1. The van der Waals surface area contributed by atoms with E-state index in [0.29, 0.717) is 53.8 Å². The lowest BCUT2D eigenvalue weighted by Crippen LogP contribution is -2.42. The second kappa shape index (κ2) is 11.3. The normalized spacial score (nSPS) is 18.9. The fourth-order valence-electron chi connectivity index (χ4n) is 4.56. The Morgan fingerprint density at radius 3 is 2.56 bits per heavy atom. The Morgan fingerprint density at radius 1 is 1.23 bits per heavy atom. The molecule has 0 radical (unpaired) electrons. The molecule has 1 aliphatic carbocycles. The number of pyridine rings is 1. The van der Waals surface area contributed by atoms with Crippen molar-refractivity contribution >= 4 is 27.1 Å². The lowest BCUT2D eigenvalue weighted by Gasteiger charge is -2.30. The molecule has 1 saturated carbocycles. The van der Waals surface area contributed by atoms with E-state index in [4.69, 9.17) is 5.26 Å². The molecule has 4 rings (SSSR count). The Bertz CT molecular complexity index is 1500. The van der Waals surface area contributed by atoms with E-state index >= 15 is 0 Å². The van der Waals surface area contributed by atoms with Crippen molar-refractivity contribution in [3.05, 3.63) is 47.8 Å². The Labute approximate surface area is 226 Å². The number of rotatable bonds is 9. The smallest absolute Gasteiger partial charge is 0.255 e. The minimum atomic E-state index is -3.30. The summed E-state index contributed by atoms with van der Waals surface area (Å²) < 4.78 is 41.8. The first-order chi connectivity index (χ1) is 18.3. The first kappa shape index (κ1) is 28.4. The third-order valence-corrected chi connectivity index (χ3v) is 7.48. The predicted molar refractivity (Wildman–Crippen MR) is 144 cm³/mol. The number of hydrogen-bond acceptors (Lipinski definition) is 8. The zero-order chi connectivity index (χ0) is 28.4. The van der Waals surface area contributed by atoms with Crippen molar-refractivity contribution < 1.29 is 22.7 Å². The van der Waals surface area contributed by atoms with E-state index in [1.54, 1.807) is 16.6 Å². The summed E-state index contributed by atoms with van der Waals surface area (Å²) in [7, 11) is -3.30. The lowest BCUT2D eigenvalue weighted by molar-refractivity contribution is -0.00177. The second-order valence-corrected chi connectivity index (χ2v) is 12.2. The first-order valence-corrected chi connectivity index (χ1v) is 14.5. The molecule has 0 aromatic carbocycles. The Kier molecular flexibility index (Phi) is 8.20. The highest BCUT2D eigenvalue weighted by Crippen LogP contribution is 2.29. The maximum atomic E-state index is 14.3. The van der Waals surface area contributed by atoms with Crippen molar-refractivity contribution in [2.45, 2.75) is 63.4 Å². The minimum Gasteiger partial charge on any atom is -0.387 e. The summed E-state index contributed by atoms with van der Waals surface area (Å²) in [5, 5.41) is 29.3. The molecular weight excluding hydrogens is 525 g/mol. The molecular formula is C26H32FN7O4S. The van der Waals surface area contributed by atoms with Gasteiger partial charge in [-0.15, -0.1) is 0 Å². The molecule has 3 heterocycles. The fourth-order valence-corrected chi connectivity index (χ4v) is 5.40. The van der Waals surface area contributed by atoms with E-state index in [1.165, 1.54) is 26.2 Å². The van der Waals surface area contributed by atoms with Crippen LogP contribution < -0.4 is 15.4 Å². The molecule has 0 bridgehead atoms. The molecule has 3 aromatic heterocycles. The van der Waals surface area contributed by atoms with Crippen molar-refractivity contribution in [3.8, 4) is 17.5 Å². The number of sulfonamides is 1. The number of amides is 1. The molecule has 0 aliphatic heterocycles. The quantitative estimate of drug-likeness (QED) is 0.312. The van der Waals surface area contributed by atoms with Gasteiger partial charge in [-0.2, -0.15) is 10.4 Å². The molecule has 208 valence electrons. The number of fused-ring (bicyclic) bond motifs is 1. The van der Waals surface area contributed by atoms with Gasteiger partial charge in [0.25, 0.3) is 5.91 Å². The maximum Gasteiger partial charge on any atom is 0.255 e. The van der Waals surface area contributed by atoms with Crippen molar-refractivity contribution in [2.24, 2.45) is 0 Å². The highest BCUT2D eigenvalue weighted by atomic mass is 32.2. The summed E-state index contributed by atoms with van der Waals surface area (Å²) >= 11 is 0. The summed E-state index contributed by atoms with van der Waals surface area (Å²) in [5.41, 5.74) is 1.39. The lowest BCUT2D eigenvalue weighted by atomic mass is 9.91. The molecule has 4 N–H and O–H groups in total. The highest BCUT2D eigenvalue weighted by Gasteiger charge is 2.28. The molecule has 11 nitrogen and oxygen atoms in total. The molecule has 1 aliphatic rings. The van der Waals surface area contributed by atoms with Crippen LogP contribution in [-0.2, 0) is 10.0 Å². The molecule has 13 heteroatoms. The average molecular weight is 558 g/mol. The number of aliphatic hydroxyl groups is 1. The van der Waals surface area contributed by atoms with Crippen LogP contribution in [0.1, 0.15) is 55.5 Å². The number of nitrogens with zero attached hydrogens (tertiary/aromatic N) is 4. The number of hydrogen-bond donors (Lipinski definition) is 4. The Hall–Kier alpha value is -3.60. The summed E-state index contributed by atoms with van der Waals surface area (Å²) in [5.74, 6) is -0.548. The number of carbonyl (C=O) groups excluding carboxylic acids is 1. The van der Waals surface area contributed by atoms with Gasteiger partial charge in [-0.25, -0.2) is 22.0 Å². The molecule has 0 saturated heterocycles. The second-order valence-electron chi connectivity index (χ2n) is 10.4. The van der Waals surface area contributed by atoms with E-state index in [-0.39, 0.29) is 24.2 Å². The van der Waals surface area contributed by atoms with Crippen LogP contribution in [0, 0.1) is 11.3 Å². The number of aromatic nitrogens is 3. The minimum absolute atomic E-state index is 0.0323. The molecule has 1 fully saturated rings. The number of nitriles is 1. The van der Waals surface area contributed by atoms with Crippen LogP contribution in [-0.4, -0.2) is 70.7 Å². The van der Waals surface area contributed by atoms with Gasteiger partial charge in [-0.05, 0) is 63.8 Å². The Morgan fingerprint density at radius 2 is 1.92 bits per heavy atom. The summed E-state index contributed by atoms with van der Waals surface area (Å²) in [4.78, 5) is 17.5. The topological polar surface area (TPSA) is 162 Å². The van der Waals surface area contributed by atoms with Gasteiger partial charge in [0.1, 0.15) is 12.2 Å². The van der Waals surface area contributed by atoms with Gasteiger partial charge in [-0.3, -0.25) is 9.78 Å². The number of nitrogens with one attached hydrogen (secondary N) is 3. The highest BCUT2D eigenvalue weighted by molar-refractivity contribution is 7.88. The summed E-state index contributed by atoms with van der Waals surface area (Å²) in [6.45, 7) is 2.29. The van der Waals surface area contributed by atoms with Gasteiger partial charge in [0.2, 0.25) is 10.0 Å². The third kappa shape index (κ3) is 7.08. The van der Waals surface area contributed by atoms with Crippen molar-refractivity contribution in [3.63, 3.8) is 0 Å². The largest absolute Gasteiger partial charge is 0.387 e. The third-order valence-electron chi connectivity index (χ3n) is 6.72. The molecule has 0 spiro atoms. The number of carbonyl (C=O) groups is 1. The zero-order valence-electron chi connectivity index (χ0n) is 22.0. The van der Waals surface area contributed by atoms with E-state index in [2.05, 4.69) is 31.5 Å². The maximum absolute atomic E-state index is 14.3. The van der Waals surface area contributed by atoms with Crippen LogP contribution in [0.5, 0.6) is 0 Å². The van der Waals surface area contributed by atoms with Gasteiger partial charge >= 0.3 is 0 Å². The molecule has 1 atom stereocenters. The van der Waals surface area contributed by atoms with Crippen molar-refractivity contribution in [1.29, 1.82) is 5.26 Å². The van der Waals surface area contributed by atoms with Gasteiger partial charge in [0, 0.05) is 18.3 Å². The molecule has 39 heavy (non-hydrogen) atoms. The van der Waals surface area contributed by atoms with Crippen LogP contribution in [0.2, 0.25) is 0 Å². The van der Waals surface area contributed by atoms with E-state index < -0.39 is 27.7 Å². The number of alkyl halides is 1. The van der Waals surface area contributed by atoms with E-state index in [1.807, 2.05) is 12.1 Å². The molecule has 1 amide bonds. The monoisotopic (exact) mass is 557 g/mol. The summed E-state index contributed by atoms with van der Waals surface area (Å²) in [6, 6.07) is 8.94. The standard InChI is InChI=1S/C26H32FN7O4S/c1-26(2,36)24(27)15-30-25(35)20-14-29-22(23-9-8-19-10-16(12-28)13-31-34(19)23)11-21(20)32-17-4-6-18(7-5-17)33-39(3,37)38/h8-11,13-14,17-18,24,33,36H,4-7,15H2,1-3H3,(H,29,32)(H,30,35)/t17-,18-,24-/m1/s1. The first-order valence-electron chi connectivity index (χ1n) is 12.6. The SMILES string of the molecule is CC(C)(O)[C@H](F)CNC(=O)c1cnc(-c2ccc3cc(C#N)cnn23)cc1N[C@H]1CC[C@H](NS(C)(=O)=O)CC1. The zero-order valence-corrected chi connectivity index (χ0v) is 22.8. The summed E-state index contributed by atoms with van der Waals surface area (Å²) in [6.07, 6.45) is 4.94. The van der Waals surface area contributed by atoms with Gasteiger partial charge in [-0.1, -0.05) is 0 Å². The van der Waals surface area contributed by atoms with Crippen LogP contribution in [0.4, 0.5) is 10.1 Å². The van der Waals surface area contributed by atoms with E-state index in [0.717, 1.165) is 6.26 Å².